The molecule has 0 unspecified atom stereocenters. The van der Waals surface area contributed by atoms with Crippen molar-refractivity contribution in [2.45, 2.75) is 6.92 Å². The summed E-state index contributed by atoms with van der Waals surface area (Å²) in [5.41, 5.74) is 7.14. The summed E-state index contributed by atoms with van der Waals surface area (Å²) in [4.78, 5) is 27.9. The lowest BCUT2D eigenvalue weighted by molar-refractivity contribution is -0.118. The number of carbonyl (C=O) groups is 2. The first-order valence-corrected chi connectivity index (χ1v) is 9.81. The topological polar surface area (TPSA) is 94.3 Å². The number of primary amides is 1. The fourth-order valence-corrected chi connectivity index (χ4v) is 4.60. The molecule has 2 aromatic heterocycles. The minimum absolute atomic E-state index is 0.119. The predicted octanol–water partition coefficient (Wildman–Crippen LogP) is 3.94. The summed E-state index contributed by atoms with van der Waals surface area (Å²) in [6.07, 6.45) is 0. The Morgan fingerprint density at radius 2 is 2.00 bits per heavy atom. The summed E-state index contributed by atoms with van der Waals surface area (Å²) in [6.45, 7) is 1.85. The number of aromatic nitrogens is 1. The SMILES string of the molecule is Cc1nc2c(cc(OCC(=O)Nc3ccc(C(N)=O)cc3)c3ccsc32)s1. The molecule has 2 heterocycles. The van der Waals surface area contributed by atoms with Crippen molar-refractivity contribution >= 4 is 60.5 Å². The largest absolute Gasteiger partial charge is 0.483 e. The molecule has 0 aliphatic heterocycles. The fraction of sp³-hybridized carbons (Fsp3) is 0.105. The average Bonchev–Trinajstić information content (AvgIpc) is 3.25. The first-order chi connectivity index (χ1) is 13.0. The number of hydrogen-bond acceptors (Lipinski definition) is 6. The first-order valence-electron chi connectivity index (χ1n) is 8.11. The van der Waals surface area contributed by atoms with E-state index in [4.69, 9.17) is 10.5 Å². The van der Waals surface area contributed by atoms with Crippen molar-refractivity contribution < 1.29 is 14.3 Å². The molecule has 0 saturated heterocycles. The molecular weight excluding hydrogens is 382 g/mol. The predicted molar refractivity (Wildman–Crippen MR) is 109 cm³/mol. The van der Waals surface area contributed by atoms with E-state index in [1.54, 1.807) is 46.9 Å². The Morgan fingerprint density at radius 3 is 2.74 bits per heavy atom. The molecule has 0 aliphatic rings. The van der Waals surface area contributed by atoms with E-state index in [0.29, 0.717) is 17.0 Å². The number of rotatable bonds is 5. The number of aryl methyl sites for hydroxylation is 1. The molecule has 136 valence electrons. The minimum Gasteiger partial charge on any atom is -0.483 e. The number of ether oxygens (including phenoxy) is 1. The van der Waals surface area contributed by atoms with Crippen LogP contribution in [0.15, 0.2) is 41.8 Å². The normalized spacial score (nSPS) is 11.0. The molecular formula is C19H15N3O3S2. The summed E-state index contributed by atoms with van der Waals surface area (Å²) in [5.74, 6) is -0.128. The first kappa shape index (κ1) is 17.4. The number of nitrogens with zero attached hydrogens (tertiary/aromatic N) is 1. The van der Waals surface area contributed by atoms with Gasteiger partial charge in [-0.05, 0) is 42.6 Å². The lowest BCUT2D eigenvalue weighted by Crippen LogP contribution is -2.20. The Labute approximate surface area is 162 Å². The fourth-order valence-electron chi connectivity index (χ4n) is 2.76. The Balaban J connectivity index is 1.49. The monoisotopic (exact) mass is 397 g/mol. The van der Waals surface area contributed by atoms with Crippen LogP contribution < -0.4 is 15.8 Å². The van der Waals surface area contributed by atoms with Gasteiger partial charge in [-0.1, -0.05) is 0 Å². The Morgan fingerprint density at radius 1 is 1.22 bits per heavy atom. The second kappa shape index (κ2) is 6.98. The van der Waals surface area contributed by atoms with E-state index in [0.717, 1.165) is 25.3 Å². The van der Waals surface area contributed by atoms with Gasteiger partial charge in [0.25, 0.3) is 5.91 Å². The smallest absolute Gasteiger partial charge is 0.262 e. The van der Waals surface area contributed by atoms with Gasteiger partial charge in [-0.2, -0.15) is 0 Å². The molecule has 27 heavy (non-hydrogen) atoms. The van der Waals surface area contributed by atoms with Crippen LogP contribution in [0.5, 0.6) is 5.75 Å². The maximum absolute atomic E-state index is 12.2. The van der Waals surface area contributed by atoms with Crippen molar-refractivity contribution in [2.24, 2.45) is 5.73 Å². The number of carbonyl (C=O) groups excluding carboxylic acids is 2. The van der Waals surface area contributed by atoms with Crippen LogP contribution in [0.1, 0.15) is 15.4 Å². The van der Waals surface area contributed by atoms with Crippen LogP contribution in [0.2, 0.25) is 0 Å². The van der Waals surface area contributed by atoms with Crippen LogP contribution in [-0.2, 0) is 4.79 Å². The summed E-state index contributed by atoms with van der Waals surface area (Å²) < 4.78 is 7.90. The molecule has 0 saturated carbocycles. The van der Waals surface area contributed by atoms with Crippen molar-refractivity contribution in [1.82, 2.24) is 4.98 Å². The van der Waals surface area contributed by atoms with Crippen molar-refractivity contribution in [2.75, 3.05) is 11.9 Å². The maximum Gasteiger partial charge on any atom is 0.262 e. The van der Waals surface area contributed by atoms with E-state index < -0.39 is 5.91 Å². The van der Waals surface area contributed by atoms with Crippen molar-refractivity contribution in [3.63, 3.8) is 0 Å². The lowest BCUT2D eigenvalue weighted by atomic mass is 10.2. The minimum atomic E-state index is -0.510. The number of amides is 2. The molecule has 4 aromatic rings. The van der Waals surface area contributed by atoms with Gasteiger partial charge in [0.15, 0.2) is 6.61 Å². The standard InChI is InChI=1S/C19H15N3O3S2/c1-10-21-17-15(27-10)8-14(13-6-7-26-18(13)17)25-9-16(23)22-12-4-2-11(3-5-12)19(20)24/h2-8H,9H2,1H3,(H2,20,24)(H,22,23). The Bertz CT molecular complexity index is 1160. The number of thiazole rings is 1. The molecule has 3 N–H and O–H groups in total. The van der Waals surface area contributed by atoms with Gasteiger partial charge in [-0.3, -0.25) is 9.59 Å². The van der Waals surface area contributed by atoms with Crippen LogP contribution >= 0.6 is 22.7 Å². The third-order valence-electron chi connectivity index (χ3n) is 3.98. The highest BCUT2D eigenvalue weighted by Crippen LogP contribution is 2.38. The van der Waals surface area contributed by atoms with Crippen LogP contribution in [0.4, 0.5) is 5.69 Å². The van der Waals surface area contributed by atoms with E-state index >= 15 is 0 Å². The molecule has 0 radical (unpaired) electrons. The van der Waals surface area contributed by atoms with E-state index in [9.17, 15) is 9.59 Å². The van der Waals surface area contributed by atoms with Gasteiger partial charge < -0.3 is 15.8 Å². The molecule has 0 spiro atoms. The molecule has 6 nitrogen and oxygen atoms in total. The second-order valence-electron chi connectivity index (χ2n) is 5.90. The lowest BCUT2D eigenvalue weighted by Gasteiger charge is -2.09. The van der Waals surface area contributed by atoms with Gasteiger partial charge in [0.1, 0.15) is 5.75 Å². The quantitative estimate of drug-likeness (QED) is 0.533. The van der Waals surface area contributed by atoms with Crippen molar-refractivity contribution in [3.8, 4) is 5.75 Å². The third kappa shape index (κ3) is 3.49. The number of nitrogens with two attached hydrogens (primary N) is 1. The highest BCUT2D eigenvalue weighted by Gasteiger charge is 2.14. The average molecular weight is 397 g/mol. The van der Waals surface area contributed by atoms with Crippen LogP contribution in [0.3, 0.4) is 0 Å². The molecule has 4 rings (SSSR count). The zero-order valence-electron chi connectivity index (χ0n) is 14.3. The summed E-state index contributed by atoms with van der Waals surface area (Å²) in [5, 5.41) is 6.68. The Hall–Kier alpha value is -2.97. The van der Waals surface area contributed by atoms with Gasteiger partial charge >= 0.3 is 0 Å². The zero-order chi connectivity index (χ0) is 19.0. The van der Waals surface area contributed by atoms with Gasteiger partial charge in [0.05, 0.1) is 19.9 Å². The summed E-state index contributed by atoms with van der Waals surface area (Å²) in [6, 6.07) is 10.3. The van der Waals surface area contributed by atoms with E-state index in [1.165, 1.54) is 0 Å². The van der Waals surface area contributed by atoms with Gasteiger partial charge in [-0.15, -0.1) is 22.7 Å². The highest BCUT2D eigenvalue weighted by atomic mass is 32.1. The molecule has 2 amide bonds. The van der Waals surface area contributed by atoms with Gasteiger partial charge in [0, 0.05) is 22.7 Å². The number of anilines is 1. The third-order valence-corrected chi connectivity index (χ3v) is 5.82. The summed E-state index contributed by atoms with van der Waals surface area (Å²) in [7, 11) is 0. The number of benzene rings is 2. The van der Waals surface area contributed by atoms with Gasteiger partial charge in [0.2, 0.25) is 5.91 Å². The number of nitrogens with one attached hydrogen (secondary N) is 1. The molecule has 2 aromatic carbocycles. The highest BCUT2D eigenvalue weighted by molar-refractivity contribution is 7.21. The van der Waals surface area contributed by atoms with E-state index in [-0.39, 0.29) is 12.5 Å². The molecule has 0 atom stereocenters. The second-order valence-corrected chi connectivity index (χ2v) is 8.05. The molecule has 8 heteroatoms. The molecule has 0 aliphatic carbocycles. The van der Waals surface area contributed by atoms with Crippen LogP contribution in [0.25, 0.3) is 20.3 Å². The summed E-state index contributed by atoms with van der Waals surface area (Å²) >= 11 is 3.21. The zero-order valence-corrected chi connectivity index (χ0v) is 15.9. The van der Waals surface area contributed by atoms with Crippen molar-refractivity contribution in [3.05, 3.63) is 52.3 Å². The van der Waals surface area contributed by atoms with Gasteiger partial charge in [-0.25, -0.2) is 4.98 Å². The van der Waals surface area contributed by atoms with Crippen LogP contribution in [-0.4, -0.2) is 23.4 Å². The molecule has 0 fully saturated rings. The number of thiophene rings is 1. The van der Waals surface area contributed by atoms with E-state index in [1.807, 2.05) is 24.4 Å². The molecule has 0 bridgehead atoms. The van der Waals surface area contributed by atoms with Crippen LogP contribution in [0, 0.1) is 6.92 Å². The van der Waals surface area contributed by atoms with E-state index in [2.05, 4.69) is 10.3 Å². The maximum atomic E-state index is 12.2. The number of fused-ring (bicyclic) bond motifs is 3. The number of hydrogen-bond donors (Lipinski definition) is 2. The Kier molecular flexibility index (Phi) is 4.51. The van der Waals surface area contributed by atoms with Crippen molar-refractivity contribution in [1.29, 1.82) is 0 Å².